The lowest BCUT2D eigenvalue weighted by Gasteiger charge is -2.34. The lowest BCUT2D eigenvalue weighted by Crippen LogP contribution is -2.51. The molecule has 2 aromatic carbocycles. The van der Waals surface area contributed by atoms with Gasteiger partial charge < -0.3 is 19.7 Å². The average molecular weight is 460 g/mol. The minimum absolute atomic E-state index is 0.0669. The quantitative estimate of drug-likeness (QED) is 0.729. The second-order valence-corrected chi connectivity index (χ2v) is 9.74. The van der Waals surface area contributed by atoms with Gasteiger partial charge in [-0.25, -0.2) is 8.42 Å². The summed E-state index contributed by atoms with van der Waals surface area (Å²) in [5.41, 5.74) is 1.37. The third-order valence-electron chi connectivity index (χ3n) is 5.46. The van der Waals surface area contributed by atoms with Gasteiger partial charge in [0, 0.05) is 26.2 Å². The molecule has 2 amide bonds. The zero-order valence-corrected chi connectivity index (χ0v) is 18.7. The fourth-order valence-corrected chi connectivity index (χ4v) is 5.07. The number of rotatable bonds is 5. The van der Waals surface area contributed by atoms with Crippen LogP contribution in [0.2, 0.25) is 0 Å². The maximum atomic E-state index is 13.1. The second kappa shape index (κ2) is 8.79. The summed E-state index contributed by atoms with van der Waals surface area (Å²) in [6.07, 6.45) is -0.634. The predicted octanol–water partition coefficient (Wildman–Crippen LogP) is 1.63. The van der Waals surface area contributed by atoms with Gasteiger partial charge in [-0.2, -0.15) is 4.31 Å². The summed E-state index contributed by atoms with van der Waals surface area (Å²) >= 11 is 0. The molecule has 0 aromatic heterocycles. The van der Waals surface area contributed by atoms with Crippen molar-refractivity contribution in [1.29, 1.82) is 0 Å². The van der Waals surface area contributed by atoms with Crippen molar-refractivity contribution in [2.24, 2.45) is 0 Å². The van der Waals surface area contributed by atoms with E-state index in [9.17, 15) is 18.0 Å². The molecule has 0 radical (unpaired) electrons. The minimum atomic E-state index is -3.78. The summed E-state index contributed by atoms with van der Waals surface area (Å²) in [7, 11) is -3.78. The lowest BCUT2D eigenvalue weighted by atomic mass is 10.2. The van der Waals surface area contributed by atoms with Gasteiger partial charge in [0.2, 0.25) is 10.0 Å². The van der Waals surface area contributed by atoms with E-state index in [0.717, 1.165) is 5.56 Å². The average Bonchev–Trinajstić information content (AvgIpc) is 2.78. The van der Waals surface area contributed by atoms with E-state index >= 15 is 0 Å². The van der Waals surface area contributed by atoms with Gasteiger partial charge in [0.1, 0.15) is 11.5 Å². The molecule has 2 aliphatic rings. The molecule has 32 heavy (non-hydrogen) atoms. The van der Waals surface area contributed by atoms with Gasteiger partial charge in [0.25, 0.3) is 11.8 Å². The van der Waals surface area contributed by atoms with Crippen LogP contribution in [0.15, 0.2) is 47.4 Å². The van der Waals surface area contributed by atoms with Gasteiger partial charge in [-0.05, 0) is 49.7 Å². The van der Waals surface area contributed by atoms with Crippen molar-refractivity contribution in [3.63, 3.8) is 0 Å². The Kier molecular flexibility index (Phi) is 6.07. The highest BCUT2D eigenvalue weighted by atomic mass is 32.2. The zero-order valence-electron chi connectivity index (χ0n) is 17.9. The smallest absolute Gasteiger partial charge is 0.265 e. The van der Waals surface area contributed by atoms with Crippen LogP contribution in [0.4, 0.5) is 5.69 Å². The van der Waals surface area contributed by atoms with E-state index in [1.54, 1.807) is 24.0 Å². The number of hydrogen-bond donors (Lipinski definition) is 1. The van der Waals surface area contributed by atoms with Crippen LogP contribution in [-0.4, -0.2) is 68.3 Å². The highest BCUT2D eigenvalue weighted by molar-refractivity contribution is 7.89. The Balaban J connectivity index is 1.36. The van der Waals surface area contributed by atoms with Crippen molar-refractivity contribution in [2.45, 2.75) is 24.8 Å². The van der Waals surface area contributed by atoms with Crippen LogP contribution in [0.3, 0.4) is 0 Å². The van der Waals surface area contributed by atoms with Crippen molar-refractivity contribution in [3.05, 3.63) is 48.0 Å². The van der Waals surface area contributed by atoms with Crippen LogP contribution >= 0.6 is 0 Å². The Hall–Kier alpha value is -3.11. The largest absolute Gasteiger partial charge is 0.484 e. The Morgan fingerprint density at radius 3 is 2.62 bits per heavy atom. The Labute approximate surface area is 187 Å². The number of anilines is 1. The molecule has 4 rings (SSSR count). The van der Waals surface area contributed by atoms with E-state index in [1.165, 1.54) is 16.4 Å². The summed E-state index contributed by atoms with van der Waals surface area (Å²) in [5, 5.41) is 2.66. The summed E-state index contributed by atoms with van der Waals surface area (Å²) in [6.45, 7) is 4.37. The number of piperazine rings is 1. The number of nitrogens with zero attached hydrogens (tertiary/aromatic N) is 2. The molecule has 2 heterocycles. The van der Waals surface area contributed by atoms with Crippen molar-refractivity contribution in [2.75, 3.05) is 38.1 Å². The first-order valence-corrected chi connectivity index (χ1v) is 11.8. The van der Waals surface area contributed by atoms with E-state index in [-0.39, 0.29) is 49.5 Å². The molecular formula is C22H25N3O6S. The zero-order chi connectivity index (χ0) is 22.9. The number of amides is 2. The lowest BCUT2D eigenvalue weighted by molar-refractivity contribution is -0.134. The van der Waals surface area contributed by atoms with E-state index < -0.39 is 16.1 Å². The van der Waals surface area contributed by atoms with Gasteiger partial charge >= 0.3 is 0 Å². The molecule has 1 atom stereocenters. The first kappa shape index (κ1) is 22.1. The molecule has 9 nitrogen and oxygen atoms in total. The van der Waals surface area contributed by atoms with Gasteiger partial charge in [-0.15, -0.1) is 0 Å². The summed E-state index contributed by atoms with van der Waals surface area (Å²) < 4.78 is 38.6. The molecule has 1 saturated heterocycles. The fourth-order valence-electron chi connectivity index (χ4n) is 3.62. The van der Waals surface area contributed by atoms with Crippen LogP contribution in [0.5, 0.6) is 11.5 Å². The third kappa shape index (κ3) is 4.56. The predicted molar refractivity (Wildman–Crippen MR) is 117 cm³/mol. The number of aryl methyl sites for hydroxylation is 1. The topological polar surface area (TPSA) is 105 Å². The first-order valence-electron chi connectivity index (χ1n) is 10.3. The molecule has 0 saturated carbocycles. The van der Waals surface area contributed by atoms with Crippen molar-refractivity contribution in [3.8, 4) is 11.5 Å². The number of sulfonamides is 1. The summed E-state index contributed by atoms with van der Waals surface area (Å²) in [6, 6.07) is 11.9. The van der Waals surface area contributed by atoms with E-state index in [4.69, 9.17) is 9.47 Å². The van der Waals surface area contributed by atoms with Crippen LogP contribution < -0.4 is 14.8 Å². The molecular weight excluding hydrogens is 434 g/mol. The Morgan fingerprint density at radius 1 is 1.16 bits per heavy atom. The molecule has 170 valence electrons. The minimum Gasteiger partial charge on any atom is -0.484 e. The molecule has 1 N–H and O–H groups in total. The number of fused-ring (bicyclic) bond motifs is 1. The maximum absolute atomic E-state index is 13.1. The normalized spacial score (nSPS) is 19.0. The first-order chi connectivity index (χ1) is 15.2. The van der Waals surface area contributed by atoms with Gasteiger partial charge in [0.05, 0.1) is 10.6 Å². The molecule has 10 heteroatoms. The van der Waals surface area contributed by atoms with Crippen LogP contribution in [0.1, 0.15) is 12.5 Å². The number of carbonyl (C=O) groups is 2. The van der Waals surface area contributed by atoms with Crippen molar-refractivity contribution in [1.82, 2.24) is 9.21 Å². The molecule has 2 aromatic rings. The third-order valence-corrected chi connectivity index (χ3v) is 7.36. The highest BCUT2D eigenvalue weighted by Crippen LogP contribution is 2.33. The van der Waals surface area contributed by atoms with E-state index in [0.29, 0.717) is 17.2 Å². The monoisotopic (exact) mass is 459 g/mol. The Bertz CT molecular complexity index is 1140. The molecule has 0 unspecified atom stereocenters. The van der Waals surface area contributed by atoms with Crippen molar-refractivity contribution >= 4 is 27.5 Å². The van der Waals surface area contributed by atoms with E-state index in [2.05, 4.69) is 5.32 Å². The number of nitrogens with one attached hydrogen (secondary N) is 1. The summed E-state index contributed by atoms with van der Waals surface area (Å²) in [5.74, 6) is 0.538. The number of hydrogen-bond acceptors (Lipinski definition) is 6. The van der Waals surface area contributed by atoms with Crippen LogP contribution in [0.25, 0.3) is 0 Å². The Morgan fingerprint density at radius 2 is 1.91 bits per heavy atom. The van der Waals surface area contributed by atoms with Crippen LogP contribution in [-0.2, 0) is 19.6 Å². The maximum Gasteiger partial charge on any atom is 0.265 e. The molecule has 1 fully saturated rings. The van der Waals surface area contributed by atoms with Gasteiger partial charge in [0.15, 0.2) is 12.7 Å². The standard InChI is InChI=1S/C22H25N3O6S/c1-15-4-3-5-17(12-15)30-14-21(26)24-8-10-25(11-9-24)32(28,29)18-6-7-20-19(13-18)23-22(27)16(2)31-20/h3-7,12-13,16H,8-11,14H2,1-2H3,(H,23,27)/t16-/m1/s1. The molecule has 0 aliphatic carbocycles. The number of benzene rings is 2. The SMILES string of the molecule is Cc1cccc(OCC(=O)N2CCN(S(=O)(=O)c3ccc4c(c3)NC(=O)[C@@H](C)O4)CC2)c1. The highest BCUT2D eigenvalue weighted by Gasteiger charge is 2.32. The van der Waals surface area contributed by atoms with Gasteiger partial charge in [-0.3, -0.25) is 9.59 Å². The van der Waals surface area contributed by atoms with Crippen LogP contribution in [0, 0.1) is 6.92 Å². The fraction of sp³-hybridized carbons (Fsp3) is 0.364. The number of carbonyl (C=O) groups excluding carboxylic acids is 2. The number of ether oxygens (including phenoxy) is 2. The summed E-state index contributed by atoms with van der Waals surface area (Å²) in [4.78, 5) is 26.0. The van der Waals surface area contributed by atoms with Gasteiger partial charge in [-0.1, -0.05) is 12.1 Å². The molecule has 0 bridgehead atoms. The van der Waals surface area contributed by atoms with Crippen molar-refractivity contribution < 1.29 is 27.5 Å². The van der Waals surface area contributed by atoms with E-state index in [1.807, 2.05) is 25.1 Å². The molecule has 0 spiro atoms. The molecule has 2 aliphatic heterocycles. The second-order valence-electron chi connectivity index (χ2n) is 7.80.